The molecule has 0 unspecified atom stereocenters. The maximum absolute atomic E-state index is 12.4. The average Bonchev–Trinajstić information content (AvgIpc) is 3.35. The van der Waals surface area contributed by atoms with Crippen LogP contribution in [0.25, 0.3) is 11.1 Å². The monoisotopic (exact) mass is 532 g/mol. The molecule has 1 aliphatic heterocycles. The summed E-state index contributed by atoms with van der Waals surface area (Å²) in [5, 5.41) is 12.0. The summed E-state index contributed by atoms with van der Waals surface area (Å²) in [6.45, 7) is 5.69. The molecular formula is C27H32O11. The minimum atomic E-state index is -1.76. The number of aliphatic hydroxyl groups is 1. The largest absolute Gasteiger partial charge is 0.493 e. The van der Waals surface area contributed by atoms with Gasteiger partial charge in [-0.15, -0.1) is 0 Å². The van der Waals surface area contributed by atoms with Crippen LogP contribution in [0, 0.1) is 5.92 Å². The molecule has 0 spiro atoms. The normalized spacial score (nSPS) is 23.2. The third kappa shape index (κ3) is 4.20. The van der Waals surface area contributed by atoms with Crippen molar-refractivity contribution < 1.29 is 52.6 Å². The van der Waals surface area contributed by atoms with Crippen LogP contribution in [0.1, 0.15) is 51.0 Å². The van der Waals surface area contributed by atoms with Gasteiger partial charge in [-0.25, -0.2) is 0 Å². The maximum Gasteiger partial charge on any atom is 0.303 e. The van der Waals surface area contributed by atoms with Gasteiger partial charge in [-0.05, 0) is 19.1 Å². The molecule has 1 N–H and O–H groups in total. The maximum atomic E-state index is 12.4. The van der Waals surface area contributed by atoms with Crippen molar-refractivity contribution in [3.05, 3.63) is 23.3 Å². The van der Waals surface area contributed by atoms with Gasteiger partial charge in [0.05, 0.1) is 28.4 Å². The highest BCUT2D eigenvalue weighted by Gasteiger charge is 2.51. The Balaban J connectivity index is 2.27. The molecule has 0 radical (unpaired) electrons. The Morgan fingerprint density at radius 1 is 0.868 bits per heavy atom. The Kier molecular flexibility index (Phi) is 7.24. The Hall–Kier alpha value is -3.86. The van der Waals surface area contributed by atoms with Crippen molar-refractivity contribution in [1.82, 2.24) is 0 Å². The summed E-state index contributed by atoms with van der Waals surface area (Å²) in [4.78, 5) is 24.7. The standard InChI is InChI=1S/C27H32O11/c1-12-21(37-13(2)28)15-9-18-23(36-11-35-18)25(34-8)19(15)20-16(26(27(12,4)30)38-14(3)29)10-17(31-5)22(32-6)24(20)33-7/h9-10,12,21,26,30H,11H2,1-8H3/t12-,21-,26-,27+/m1/s1. The van der Waals surface area contributed by atoms with E-state index in [0.717, 1.165) is 0 Å². The van der Waals surface area contributed by atoms with Gasteiger partial charge in [0.1, 0.15) is 11.7 Å². The fraction of sp³-hybridized carbons (Fsp3) is 0.481. The predicted molar refractivity (Wildman–Crippen MR) is 133 cm³/mol. The first-order valence-electron chi connectivity index (χ1n) is 11.9. The van der Waals surface area contributed by atoms with Crippen molar-refractivity contribution in [1.29, 1.82) is 0 Å². The van der Waals surface area contributed by atoms with Crippen LogP contribution in [-0.4, -0.2) is 57.9 Å². The number of carbonyl (C=O) groups excluding carboxylic acids is 2. The fourth-order valence-electron chi connectivity index (χ4n) is 5.17. The first kappa shape index (κ1) is 27.2. The van der Waals surface area contributed by atoms with Crippen LogP contribution in [-0.2, 0) is 19.1 Å². The number of esters is 2. The summed E-state index contributed by atoms with van der Waals surface area (Å²) in [6, 6.07) is 3.30. The minimum Gasteiger partial charge on any atom is -0.493 e. The van der Waals surface area contributed by atoms with E-state index in [2.05, 4.69) is 0 Å². The molecule has 0 fully saturated rings. The second kappa shape index (κ2) is 10.1. The lowest BCUT2D eigenvalue weighted by Gasteiger charge is -2.43. The molecule has 0 amide bonds. The summed E-state index contributed by atoms with van der Waals surface area (Å²) in [5.41, 5.74) is -0.151. The summed E-state index contributed by atoms with van der Waals surface area (Å²) >= 11 is 0. The molecule has 0 saturated carbocycles. The molecule has 4 rings (SSSR count). The van der Waals surface area contributed by atoms with Crippen molar-refractivity contribution in [3.63, 3.8) is 0 Å². The Bertz CT molecular complexity index is 1270. The molecule has 2 aromatic carbocycles. The summed E-state index contributed by atoms with van der Waals surface area (Å²) in [5.74, 6) is -0.290. The summed E-state index contributed by atoms with van der Waals surface area (Å²) < 4.78 is 45.9. The Labute approximate surface area is 220 Å². The van der Waals surface area contributed by atoms with Gasteiger partial charge in [0.15, 0.2) is 29.1 Å². The van der Waals surface area contributed by atoms with E-state index in [1.165, 1.54) is 49.2 Å². The van der Waals surface area contributed by atoms with E-state index in [0.29, 0.717) is 33.8 Å². The van der Waals surface area contributed by atoms with Crippen LogP contribution < -0.4 is 28.4 Å². The topological polar surface area (TPSA) is 128 Å². The number of benzene rings is 2. The lowest BCUT2D eigenvalue weighted by molar-refractivity contribution is -0.183. The number of fused-ring (bicyclic) bond motifs is 4. The van der Waals surface area contributed by atoms with E-state index in [4.69, 9.17) is 37.9 Å². The molecule has 1 heterocycles. The molecule has 1 aliphatic carbocycles. The molecule has 206 valence electrons. The van der Waals surface area contributed by atoms with E-state index < -0.39 is 35.7 Å². The molecule has 11 heteroatoms. The Morgan fingerprint density at radius 3 is 2.03 bits per heavy atom. The molecular weight excluding hydrogens is 500 g/mol. The first-order chi connectivity index (χ1) is 18.0. The zero-order valence-electron chi connectivity index (χ0n) is 22.6. The van der Waals surface area contributed by atoms with Crippen LogP contribution in [0.15, 0.2) is 12.1 Å². The molecule has 11 nitrogen and oxygen atoms in total. The fourth-order valence-corrected chi connectivity index (χ4v) is 5.17. The highest BCUT2D eigenvalue weighted by atomic mass is 16.7. The minimum absolute atomic E-state index is 0.0495. The van der Waals surface area contributed by atoms with Crippen molar-refractivity contribution >= 4 is 11.9 Å². The number of rotatable bonds is 6. The summed E-state index contributed by atoms with van der Waals surface area (Å²) in [6.07, 6.45) is -2.27. The highest BCUT2D eigenvalue weighted by Crippen LogP contribution is 2.61. The van der Waals surface area contributed by atoms with Crippen LogP contribution >= 0.6 is 0 Å². The smallest absolute Gasteiger partial charge is 0.303 e. The van der Waals surface area contributed by atoms with Crippen molar-refractivity contribution in [2.45, 2.75) is 45.5 Å². The van der Waals surface area contributed by atoms with E-state index >= 15 is 0 Å². The van der Waals surface area contributed by atoms with E-state index in [-0.39, 0.29) is 29.8 Å². The average molecular weight is 533 g/mol. The zero-order valence-corrected chi connectivity index (χ0v) is 22.6. The van der Waals surface area contributed by atoms with Gasteiger partial charge in [0, 0.05) is 42.0 Å². The quantitative estimate of drug-likeness (QED) is 0.547. The van der Waals surface area contributed by atoms with Crippen LogP contribution in [0.5, 0.6) is 34.5 Å². The number of ether oxygens (including phenoxy) is 8. The number of methoxy groups -OCH3 is 4. The van der Waals surface area contributed by atoms with Gasteiger partial charge in [-0.1, -0.05) is 6.92 Å². The molecule has 4 atom stereocenters. The molecule has 2 aliphatic rings. The molecule has 0 aromatic heterocycles. The van der Waals surface area contributed by atoms with Gasteiger partial charge in [0.2, 0.25) is 18.3 Å². The second-order valence-electron chi connectivity index (χ2n) is 9.25. The van der Waals surface area contributed by atoms with E-state index in [1.54, 1.807) is 19.1 Å². The predicted octanol–water partition coefficient (Wildman–Crippen LogP) is 3.73. The zero-order chi connectivity index (χ0) is 27.9. The second-order valence-corrected chi connectivity index (χ2v) is 9.25. The van der Waals surface area contributed by atoms with Gasteiger partial charge in [-0.2, -0.15) is 0 Å². The number of carbonyl (C=O) groups is 2. The lowest BCUT2D eigenvalue weighted by atomic mass is 9.71. The summed E-state index contributed by atoms with van der Waals surface area (Å²) in [7, 11) is 5.82. The molecule has 38 heavy (non-hydrogen) atoms. The molecule has 0 bridgehead atoms. The Morgan fingerprint density at radius 2 is 1.47 bits per heavy atom. The van der Waals surface area contributed by atoms with Crippen LogP contribution in [0.4, 0.5) is 0 Å². The SMILES string of the molecule is COc1cc2c(c(OC)c1OC)-c1c(cc3c(c1OC)OCO3)[C@H](OC(C)=O)[C@@H](C)[C@](C)(O)[C@@H]2OC(C)=O. The third-order valence-corrected chi connectivity index (χ3v) is 7.04. The number of hydrogen-bond acceptors (Lipinski definition) is 11. The van der Waals surface area contributed by atoms with Gasteiger partial charge in [0.25, 0.3) is 0 Å². The van der Waals surface area contributed by atoms with Gasteiger partial charge in [-0.3, -0.25) is 9.59 Å². The van der Waals surface area contributed by atoms with Crippen LogP contribution in [0.2, 0.25) is 0 Å². The number of hydrogen-bond donors (Lipinski definition) is 1. The van der Waals surface area contributed by atoms with E-state index in [9.17, 15) is 14.7 Å². The molecule has 0 saturated heterocycles. The van der Waals surface area contributed by atoms with E-state index in [1.807, 2.05) is 0 Å². The van der Waals surface area contributed by atoms with Crippen molar-refractivity contribution in [2.24, 2.45) is 5.92 Å². The lowest BCUT2D eigenvalue weighted by Crippen LogP contribution is -2.46. The first-order valence-corrected chi connectivity index (χ1v) is 11.9. The molecule has 2 aromatic rings. The van der Waals surface area contributed by atoms with Crippen molar-refractivity contribution in [3.8, 4) is 45.6 Å². The van der Waals surface area contributed by atoms with Gasteiger partial charge >= 0.3 is 11.9 Å². The van der Waals surface area contributed by atoms with Gasteiger partial charge < -0.3 is 43.0 Å². The third-order valence-electron chi connectivity index (χ3n) is 7.04. The van der Waals surface area contributed by atoms with Crippen LogP contribution in [0.3, 0.4) is 0 Å². The van der Waals surface area contributed by atoms with Crippen molar-refractivity contribution in [2.75, 3.05) is 35.2 Å². The highest BCUT2D eigenvalue weighted by molar-refractivity contribution is 5.89.